The Morgan fingerprint density at radius 2 is 1.04 bits per heavy atom. The fourth-order valence-corrected chi connectivity index (χ4v) is 1.57. The fraction of sp³-hybridized carbons (Fsp3) is 0.643. The van der Waals surface area contributed by atoms with E-state index in [1.165, 1.54) is 27.7 Å². The van der Waals surface area contributed by atoms with Crippen LogP contribution in [0, 0.1) is 0 Å². The number of nitrogens with two attached hydrogens (primary N) is 1. The molecule has 11 nitrogen and oxygen atoms in total. The molecule has 142 valence electrons. The average Bonchev–Trinajstić information content (AvgIpc) is 2.53. The van der Waals surface area contributed by atoms with Crippen molar-refractivity contribution in [1.29, 1.82) is 0 Å². The number of carboxylic acid groups (broad SMARTS) is 1. The molecule has 25 heavy (non-hydrogen) atoms. The van der Waals surface area contributed by atoms with E-state index in [1.807, 2.05) is 0 Å². The molecule has 0 aromatic heterocycles. The highest BCUT2D eigenvalue weighted by Crippen LogP contribution is 1.92. The first-order chi connectivity index (χ1) is 11.5. The maximum atomic E-state index is 12.0. The molecule has 0 aromatic carbocycles. The number of nitrogens with one attached hydrogen (secondary N) is 4. The van der Waals surface area contributed by atoms with Crippen molar-refractivity contribution in [2.45, 2.75) is 51.9 Å². The van der Waals surface area contributed by atoms with E-state index in [4.69, 9.17) is 10.8 Å². The second kappa shape index (κ2) is 10.2. The number of hydrogen-bond acceptors (Lipinski definition) is 6. The van der Waals surface area contributed by atoms with E-state index < -0.39 is 53.8 Å². The number of amides is 4. The zero-order valence-corrected chi connectivity index (χ0v) is 14.6. The van der Waals surface area contributed by atoms with Gasteiger partial charge in [-0.05, 0) is 27.7 Å². The minimum atomic E-state index is -1.21. The Labute approximate surface area is 145 Å². The predicted molar refractivity (Wildman–Crippen MR) is 87.1 cm³/mol. The summed E-state index contributed by atoms with van der Waals surface area (Å²) in [6.07, 6.45) is 0. The lowest BCUT2D eigenvalue weighted by Crippen LogP contribution is -2.55. The van der Waals surface area contributed by atoms with Gasteiger partial charge in [-0.25, -0.2) is 0 Å². The highest BCUT2D eigenvalue weighted by Gasteiger charge is 2.24. The summed E-state index contributed by atoms with van der Waals surface area (Å²) in [4.78, 5) is 57.4. The molecule has 0 heterocycles. The predicted octanol–water partition coefficient (Wildman–Crippen LogP) is -2.95. The van der Waals surface area contributed by atoms with Gasteiger partial charge in [0.15, 0.2) is 0 Å². The van der Waals surface area contributed by atoms with Crippen LogP contribution in [0.2, 0.25) is 0 Å². The molecule has 0 aliphatic heterocycles. The fourth-order valence-electron chi connectivity index (χ4n) is 1.57. The number of aliphatic carboxylic acids is 1. The molecule has 7 N–H and O–H groups in total. The Hall–Kier alpha value is -2.69. The van der Waals surface area contributed by atoms with Gasteiger partial charge in [0.1, 0.15) is 24.2 Å². The molecule has 0 rings (SSSR count). The van der Waals surface area contributed by atoms with Crippen LogP contribution in [0.3, 0.4) is 0 Å². The molecule has 4 atom stereocenters. The summed E-state index contributed by atoms with van der Waals surface area (Å²) < 4.78 is 0. The maximum Gasteiger partial charge on any atom is 0.325 e. The molecule has 11 heteroatoms. The molecule has 0 aliphatic rings. The number of carboxylic acids is 1. The van der Waals surface area contributed by atoms with Gasteiger partial charge in [-0.1, -0.05) is 0 Å². The van der Waals surface area contributed by atoms with Crippen molar-refractivity contribution < 1.29 is 29.1 Å². The molecule has 0 fully saturated rings. The lowest BCUT2D eigenvalue weighted by molar-refractivity contribution is -0.141. The standard InChI is InChI=1S/C14H25N5O6/c1-6(16-10(20)5-15)11(21)17-7(2)12(22)18-8(3)13(23)19-9(4)14(24)25/h6-9H,5,15H2,1-4H3,(H,16,20)(H,17,21)(H,18,22)(H,19,23)(H,24,25)/t6-,7-,8+,9+/m0/s1. The molecule has 0 unspecified atom stereocenters. The van der Waals surface area contributed by atoms with Crippen LogP contribution in [0.1, 0.15) is 27.7 Å². The molecule has 0 bridgehead atoms. The van der Waals surface area contributed by atoms with Crippen molar-refractivity contribution >= 4 is 29.6 Å². The molecule has 0 radical (unpaired) electrons. The van der Waals surface area contributed by atoms with Crippen LogP contribution in [-0.4, -0.2) is 65.4 Å². The molecular weight excluding hydrogens is 334 g/mol. The molecule has 0 saturated heterocycles. The van der Waals surface area contributed by atoms with Gasteiger partial charge in [0.2, 0.25) is 23.6 Å². The molecule has 0 saturated carbocycles. The highest BCUT2D eigenvalue weighted by molar-refractivity contribution is 5.94. The SMILES string of the molecule is C[C@H](NC(=O)CN)C(=O)N[C@@H](C)C(=O)N[C@H](C)C(=O)N[C@H](C)C(=O)O. The minimum absolute atomic E-state index is 0.269. The quantitative estimate of drug-likeness (QED) is 0.254. The zero-order chi connectivity index (χ0) is 19.7. The summed E-state index contributed by atoms with van der Waals surface area (Å²) in [6.45, 7) is 5.22. The summed E-state index contributed by atoms with van der Waals surface area (Å²) in [7, 11) is 0. The largest absolute Gasteiger partial charge is 0.480 e. The van der Waals surface area contributed by atoms with Crippen LogP contribution in [0.5, 0.6) is 0 Å². The second-order valence-electron chi connectivity index (χ2n) is 5.52. The highest BCUT2D eigenvalue weighted by atomic mass is 16.4. The normalized spacial score (nSPS) is 15.1. The van der Waals surface area contributed by atoms with Gasteiger partial charge >= 0.3 is 5.97 Å². The van der Waals surface area contributed by atoms with E-state index in [9.17, 15) is 24.0 Å². The van der Waals surface area contributed by atoms with E-state index in [0.717, 1.165) is 0 Å². The smallest absolute Gasteiger partial charge is 0.325 e. The van der Waals surface area contributed by atoms with E-state index in [2.05, 4.69) is 21.3 Å². The third-order valence-corrected chi connectivity index (χ3v) is 3.19. The minimum Gasteiger partial charge on any atom is -0.480 e. The zero-order valence-electron chi connectivity index (χ0n) is 14.6. The number of rotatable bonds is 9. The van der Waals surface area contributed by atoms with E-state index in [0.29, 0.717) is 0 Å². The first-order valence-corrected chi connectivity index (χ1v) is 7.62. The third-order valence-electron chi connectivity index (χ3n) is 3.19. The Morgan fingerprint density at radius 1 is 0.720 bits per heavy atom. The van der Waals surface area contributed by atoms with Crippen LogP contribution in [0.4, 0.5) is 0 Å². The van der Waals surface area contributed by atoms with Crippen LogP contribution < -0.4 is 27.0 Å². The topological polar surface area (TPSA) is 180 Å². The summed E-state index contributed by atoms with van der Waals surface area (Å²) in [6, 6.07) is -3.96. The van der Waals surface area contributed by atoms with Crippen molar-refractivity contribution in [2.24, 2.45) is 5.73 Å². The Bertz CT molecular complexity index is 538. The summed E-state index contributed by atoms with van der Waals surface area (Å²) >= 11 is 0. The summed E-state index contributed by atoms with van der Waals surface area (Å²) in [5, 5.41) is 18.0. The van der Waals surface area contributed by atoms with Gasteiger partial charge in [0.05, 0.1) is 6.54 Å². The lowest BCUT2D eigenvalue weighted by Gasteiger charge is -2.21. The van der Waals surface area contributed by atoms with Crippen molar-refractivity contribution in [3.63, 3.8) is 0 Å². The summed E-state index contributed by atoms with van der Waals surface area (Å²) in [5.41, 5.74) is 5.12. The van der Waals surface area contributed by atoms with Gasteiger partial charge in [-0.15, -0.1) is 0 Å². The van der Waals surface area contributed by atoms with Crippen LogP contribution in [-0.2, 0) is 24.0 Å². The number of carbonyl (C=O) groups excluding carboxylic acids is 4. The maximum absolute atomic E-state index is 12.0. The average molecular weight is 359 g/mol. The first-order valence-electron chi connectivity index (χ1n) is 7.62. The van der Waals surface area contributed by atoms with E-state index in [-0.39, 0.29) is 6.54 Å². The molecule has 0 aromatic rings. The van der Waals surface area contributed by atoms with Gasteiger partial charge in [-0.3, -0.25) is 24.0 Å². The van der Waals surface area contributed by atoms with Crippen molar-refractivity contribution in [1.82, 2.24) is 21.3 Å². The summed E-state index contributed by atoms with van der Waals surface area (Å²) in [5.74, 6) is -3.64. The van der Waals surface area contributed by atoms with Crippen LogP contribution >= 0.6 is 0 Å². The first kappa shape index (κ1) is 22.3. The van der Waals surface area contributed by atoms with Crippen LogP contribution in [0.25, 0.3) is 0 Å². The van der Waals surface area contributed by atoms with Gasteiger partial charge in [0, 0.05) is 0 Å². The van der Waals surface area contributed by atoms with Gasteiger partial charge in [-0.2, -0.15) is 0 Å². The number of carbonyl (C=O) groups is 5. The second-order valence-corrected chi connectivity index (χ2v) is 5.52. The van der Waals surface area contributed by atoms with E-state index in [1.54, 1.807) is 0 Å². The number of hydrogen-bond donors (Lipinski definition) is 6. The molecule has 0 aliphatic carbocycles. The Kier molecular flexibility index (Phi) is 9.13. The van der Waals surface area contributed by atoms with Gasteiger partial charge in [0.25, 0.3) is 0 Å². The van der Waals surface area contributed by atoms with Crippen molar-refractivity contribution in [2.75, 3.05) is 6.54 Å². The lowest BCUT2D eigenvalue weighted by atomic mass is 10.2. The Morgan fingerprint density at radius 3 is 1.36 bits per heavy atom. The molecule has 0 spiro atoms. The third kappa shape index (κ3) is 8.11. The molecule has 4 amide bonds. The van der Waals surface area contributed by atoms with Crippen LogP contribution in [0.15, 0.2) is 0 Å². The molecular formula is C14H25N5O6. The van der Waals surface area contributed by atoms with Crippen molar-refractivity contribution in [3.8, 4) is 0 Å². The Balaban J connectivity index is 4.50. The van der Waals surface area contributed by atoms with Gasteiger partial charge < -0.3 is 32.1 Å². The van der Waals surface area contributed by atoms with E-state index >= 15 is 0 Å². The monoisotopic (exact) mass is 359 g/mol. The van der Waals surface area contributed by atoms with Crippen molar-refractivity contribution in [3.05, 3.63) is 0 Å².